The molecule has 21 heavy (non-hydrogen) atoms. The lowest BCUT2D eigenvalue weighted by Gasteiger charge is -2.06. The first-order valence-electron chi connectivity index (χ1n) is 7.37. The first kappa shape index (κ1) is 13.9. The SMILES string of the molecule is COc1ccc(OCCc2cc([C@H]3CCNC3)n[nH]2)cc1. The fourth-order valence-corrected chi connectivity index (χ4v) is 2.57. The van der Waals surface area contributed by atoms with Crippen molar-refractivity contribution in [2.45, 2.75) is 18.8 Å². The van der Waals surface area contributed by atoms with Crippen LogP contribution in [0.15, 0.2) is 30.3 Å². The summed E-state index contributed by atoms with van der Waals surface area (Å²) in [4.78, 5) is 0. The number of hydrogen-bond donors (Lipinski definition) is 2. The average Bonchev–Trinajstić information content (AvgIpc) is 3.19. The summed E-state index contributed by atoms with van der Waals surface area (Å²) >= 11 is 0. The topological polar surface area (TPSA) is 59.2 Å². The molecule has 1 aromatic heterocycles. The number of hydrogen-bond acceptors (Lipinski definition) is 4. The molecule has 3 rings (SSSR count). The molecule has 1 saturated heterocycles. The maximum Gasteiger partial charge on any atom is 0.119 e. The van der Waals surface area contributed by atoms with Crippen LogP contribution in [0.4, 0.5) is 0 Å². The Morgan fingerprint density at radius 1 is 1.24 bits per heavy atom. The number of ether oxygens (including phenoxy) is 2. The summed E-state index contributed by atoms with van der Waals surface area (Å²) in [5.74, 6) is 2.25. The van der Waals surface area contributed by atoms with E-state index in [0.29, 0.717) is 12.5 Å². The van der Waals surface area contributed by atoms with Crippen LogP contribution in [-0.4, -0.2) is 37.0 Å². The zero-order chi connectivity index (χ0) is 14.5. The summed E-state index contributed by atoms with van der Waals surface area (Å²) < 4.78 is 10.8. The van der Waals surface area contributed by atoms with Gasteiger partial charge >= 0.3 is 0 Å². The molecule has 5 heteroatoms. The van der Waals surface area contributed by atoms with Gasteiger partial charge in [0.05, 0.1) is 19.4 Å². The highest BCUT2D eigenvalue weighted by atomic mass is 16.5. The van der Waals surface area contributed by atoms with Crippen molar-refractivity contribution in [2.75, 3.05) is 26.8 Å². The van der Waals surface area contributed by atoms with Gasteiger partial charge in [-0.1, -0.05) is 0 Å². The van der Waals surface area contributed by atoms with Crippen LogP contribution in [0.25, 0.3) is 0 Å². The van der Waals surface area contributed by atoms with Gasteiger partial charge in [-0.15, -0.1) is 0 Å². The van der Waals surface area contributed by atoms with Gasteiger partial charge in [0, 0.05) is 24.6 Å². The summed E-state index contributed by atoms with van der Waals surface area (Å²) in [6.45, 7) is 2.76. The van der Waals surface area contributed by atoms with Crippen LogP contribution in [0, 0.1) is 0 Å². The summed E-state index contributed by atoms with van der Waals surface area (Å²) in [6.07, 6.45) is 2.01. The van der Waals surface area contributed by atoms with Gasteiger partial charge in [-0.2, -0.15) is 5.10 Å². The first-order chi connectivity index (χ1) is 10.3. The average molecular weight is 287 g/mol. The molecule has 1 aliphatic rings. The second kappa shape index (κ2) is 6.63. The van der Waals surface area contributed by atoms with Crippen LogP contribution in [0.3, 0.4) is 0 Å². The molecule has 1 aliphatic heterocycles. The van der Waals surface area contributed by atoms with Gasteiger partial charge in [0.15, 0.2) is 0 Å². The minimum atomic E-state index is 0.553. The number of rotatable bonds is 6. The van der Waals surface area contributed by atoms with Gasteiger partial charge in [0.25, 0.3) is 0 Å². The van der Waals surface area contributed by atoms with Crippen LogP contribution in [-0.2, 0) is 6.42 Å². The maximum absolute atomic E-state index is 5.73. The fraction of sp³-hybridized carbons (Fsp3) is 0.438. The third kappa shape index (κ3) is 3.55. The second-order valence-electron chi connectivity index (χ2n) is 5.28. The molecule has 2 aromatic rings. The number of aromatic nitrogens is 2. The van der Waals surface area contributed by atoms with Gasteiger partial charge in [0.1, 0.15) is 11.5 Å². The van der Waals surface area contributed by atoms with Gasteiger partial charge in [0.2, 0.25) is 0 Å². The smallest absolute Gasteiger partial charge is 0.119 e. The predicted octanol–water partition coefficient (Wildman–Crippen LogP) is 2.12. The molecule has 0 unspecified atom stereocenters. The molecular weight excluding hydrogens is 266 g/mol. The van der Waals surface area contributed by atoms with Crippen LogP contribution in [0.5, 0.6) is 11.5 Å². The van der Waals surface area contributed by atoms with E-state index in [-0.39, 0.29) is 0 Å². The Morgan fingerprint density at radius 2 is 2.05 bits per heavy atom. The van der Waals surface area contributed by atoms with Crippen molar-refractivity contribution < 1.29 is 9.47 Å². The third-order valence-electron chi connectivity index (χ3n) is 3.83. The zero-order valence-corrected chi connectivity index (χ0v) is 12.3. The van der Waals surface area contributed by atoms with E-state index in [4.69, 9.17) is 9.47 Å². The van der Waals surface area contributed by atoms with Crippen LogP contribution < -0.4 is 14.8 Å². The molecule has 5 nitrogen and oxygen atoms in total. The second-order valence-corrected chi connectivity index (χ2v) is 5.28. The van der Waals surface area contributed by atoms with Gasteiger partial charge in [-0.25, -0.2) is 0 Å². The van der Waals surface area contributed by atoms with Crippen molar-refractivity contribution in [3.8, 4) is 11.5 Å². The Hall–Kier alpha value is -2.01. The highest BCUT2D eigenvalue weighted by Crippen LogP contribution is 2.21. The molecule has 112 valence electrons. The Morgan fingerprint density at radius 3 is 2.76 bits per heavy atom. The number of aromatic amines is 1. The Bertz CT molecular complexity index is 559. The molecule has 1 aromatic carbocycles. The fourth-order valence-electron chi connectivity index (χ4n) is 2.57. The van der Waals surface area contributed by atoms with E-state index < -0.39 is 0 Å². The van der Waals surface area contributed by atoms with Crippen LogP contribution >= 0.6 is 0 Å². The lowest BCUT2D eigenvalue weighted by atomic mass is 10.0. The van der Waals surface area contributed by atoms with Crippen molar-refractivity contribution in [3.05, 3.63) is 41.7 Å². The van der Waals surface area contributed by atoms with Gasteiger partial charge in [-0.3, -0.25) is 5.10 Å². The Labute approximate surface area is 124 Å². The number of nitrogens with one attached hydrogen (secondary N) is 2. The third-order valence-corrected chi connectivity index (χ3v) is 3.83. The quantitative estimate of drug-likeness (QED) is 0.854. The van der Waals surface area contributed by atoms with Crippen LogP contribution in [0.2, 0.25) is 0 Å². The molecule has 0 aliphatic carbocycles. The molecule has 1 atom stereocenters. The predicted molar refractivity (Wildman–Crippen MR) is 81.0 cm³/mol. The monoisotopic (exact) mass is 287 g/mol. The van der Waals surface area contributed by atoms with Crippen molar-refractivity contribution in [2.24, 2.45) is 0 Å². The molecule has 2 heterocycles. The van der Waals surface area contributed by atoms with E-state index in [1.165, 1.54) is 12.1 Å². The summed E-state index contributed by atoms with van der Waals surface area (Å²) in [5, 5.41) is 10.9. The van der Waals surface area contributed by atoms with E-state index in [9.17, 15) is 0 Å². The van der Waals surface area contributed by atoms with Gasteiger partial charge in [-0.05, 0) is 43.3 Å². The standard InChI is InChI=1S/C16H21N3O2/c1-20-14-2-4-15(5-3-14)21-9-7-13-10-16(19-18-13)12-6-8-17-11-12/h2-5,10,12,17H,6-9,11H2,1H3,(H,18,19)/t12-/m0/s1. The van der Waals surface area contributed by atoms with Crippen molar-refractivity contribution >= 4 is 0 Å². The molecule has 0 saturated carbocycles. The Kier molecular flexibility index (Phi) is 4.40. The molecule has 1 fully saturated rings. The number of H-pyrrole nitrogens is 1. The van der Waals surface area contributed by atoms with Crippen molar-refractivity contribution in [3.63, 3.8) is 0 Å². The minimum Gasteiger partial charge on any atom is -0.497 e. The summed E-state index contributed by atoms with van der Waals surface area (Å²) in [5.41, 5.74) is 2.30. The van der Waals surface area contributed by atoms with Gasteiger partial charge < -0.3 is 14.8 Å². The maximum atomic E-state index is 5.73. The number of benzene rings is 1. The normalized spacial score (nSPS) is 17.9. The van der Waals surface area contributed by atoms with Crippen LogP contribution in [0.1, 0.15) is 23.7 Å². The Balaban J connectivity index is 1.48. The van der Waals surface area contributed by atoms with E-state index in [1.54, 1.807) is 7.11 Å². The van der Waals surface area contributed by atoms with E-state index in [1.807, 2.05) is 24.3 Å². The first-order valence-corrected chi connectivity index (χ1v) is 7.37. The summed E-state index contributed by atoms with van der Waals surface area (Å²) in [6, 6.07) is 9.80. The highest BCUT2D eigenvalue weighted by molar-refractivity contribution is 5.31. The zero-order valence-electron chi connectivity index (χ0n) is 12.3. The van der Waals surface area contributed by atoms with Crippen molar-refractivity contribution in [1.82, 2.24) is 15.5 Å². The van der Waals surface area contributed by atoms with E-state index in [2.05, 4.69) is 21.6 Å². The lowest BCUT2D eigenvalue weighted by Crippen LogP contribution is -2.08. The number of nitrogens with zero attached hydrogens (tertiary/aromatic N) is 1. The summed E-state index contributed by atoms with van der Waals surface area (Å²) in [7, 11) is 1.66. The lowest BCUT2D eigenvalue weighted by molar-refractivity contribution is 0.319. The molecule has 0 amide bonds. The molecular formula is C16H21N3O2. The molecule has 0 spiro atoms. The largest absolute Gasteiger partial charge is 0.497 e. The number of methoxy groups -OCH3 is 1. The molecule has 0 radical (unpaired) electrons. The van der Waals surface area contributed by atoms with E-state index in [0.717, 1.165) is 36.7 Å². The molecule has 0 bridgehead atoms. The van der Waals surface area contributed by atoms with Crippen molar-refractivity contribution in [1.29, 1.82) is 0 Å². The van der Waals surface area contributed by atoms with E-state index >= 15 is 0 Å². The highest BCUT2D eigenvalue weighted by Gasteiger charge is 2.19. The molecule has 2 N–H and O–H groups in total. The minimum absolute atomic E-state index is 0.553.